The lowest BCUT2D eigenvalue weighted by Crippen LogP contribution is -2.27. The van der Waals surface area contributed by atoms with Crippen LogP contribution in [0.15, 0.2) is 12.1 Å². The van der Waals surface area contributed by atoms with Crippen LogP contribution >= 0.6 is 11.6 Å². The Kier molecular flexibility index (Phi) is 3.68. The van der Waals surface area contributed by atoms with Crippen molar-refractivity contribution in [1.82, 2.24) is 0 Å². The smallest absolute Gasteiger partial charge is 0.152 e. The van der Waals surface area contributed by atoms with Crippen molar-refractivity contribution in [2.45, 2.75) is 6.42 Å². The third-order valence-electron chi connectivity index (χ3n) is 2.97. The van der Waals surface area contributed by atoms with Gasteiger partial charge in [-0.3, -0.25) is 0 Å². The van der Waals surface area contributed by atoms with Crippen LogP contribution < -0.4 is 10.6 Å². The second-order valence-corrected chi connectivity index (χ2v) is 7.03. The lowest BCUT2D eigenvalue weighted by molar-refractivity contribution is 0.597. The van der Waals surface area contributed by atoms with Gasteiger partial charge < -0.3 is 10.6 Å². The van der Waals surface area contributed by atoms with Gasteiger partial charge in [-0.2, -0.15) is 0 Å². The van der Waals surface area contributed by atoms with Gasteiger partial charge >= 0.3 is 0 Å². The molecule has 0 bridgehead atoms. The normalized spacial score (nSPS) is 19.6. The van der Waals surface area contributed by atoms with E-state index in [1.807, 2.05) is 4.90 Å². The van der Waals surface area contributed by atoms with E-state index in [-0.39, 0.29) is 22.2 Å². The summed E-state index contributed by atoms with van der Waals surface area (Å²) >= 11 is 5.73. The minimum Gasteiger partial charge on any atom is -0.397 e. The molecular formula is C11H14ClFN2O2S. The first-order valence-electron chi connectivity index (χ1n) is 5.59. The van der Waals surface area contributed by atoms with E-state index in [0.717, 1.165) is 6.07 Å². The summed E-state index contributed by atoms with van der Waals surface area (Å²) in [4.78, 5) is 1.84. The van der Waals surface area contributed by atoms with E-state index in [9.17, 15) is 12.8 Å². The van der Waals surface area contributed by atoms with Gasteiger partial charge in [0, 0.05) is 19.2 Å². The maximum atomic E-state index is 13.2. The van der Waals surface area contributed by atoms with Crippen LogP contribution in [0.2, 0.25) is 5.02 Å². The van der Waals surface area contributed by atoms with E-state index in [2.05, 4.69) is 0 Å². The van der Waals surface area contributed by atoms with Crippen molar-refractivity contribution in [2.75, 3.05) is 35.2 Å². The van der Waals surface area contributed by atoms with Crippen LogP contribution in [0.1, 0.15) is 6.42 Å². The van der Waals surface area contributed by atoms with Crippen molar-refractivity contribution in [3.05, 3.63) is 23.0 Å². The fourth-order valence-corrected chi connectivity index (χ4v) is 3.43. The molecule has 0 unspecified atom stereocenters. The topological polar surface area (TPSA) is 63.4 Å². The molecule has 1 heterocycles. The summed E-state index contributed by atoms with van der Waals surface area (Å²) in [6, 6.07) is 2.61. The van der Waals surface area contributed by atoms with Gasteiger partial charge in [0.15, 0.2) is 9.84 Å². The molecule has 0 spiro atoms. The largest absolute Gasteiger partial charge is 0.397 e. The number of nitrogen functional groups attached to an aromatic ring is 1. The predicted octanol–water partition coefficient (Wildman–Crippen LogP) is 1.69. The third-order valence-corrected chi connectivity index (χ3v) is 4.97. The molecule has 100 valence electrons. The Balaban J connectivity index is 2.29. The summed E-state index contributed by atoms with van der Waals surface area (Å²) in [6.45, 7) is 0.930. The number of benzene rings is 1. The first-order valence-corrected chi connectivity index (χ1v) is 7.79. The van der Waals surface area contributed by atoms with Crippen LogP contribution in [-0.4, -0.2) is 33.0 Å². The van der Waals surface area contributed by atoms with Crippen molar-refractivity contribution in [1.29, 1.82) is 0 Å². The van der Waals surface area contributed by atoms with Gasteiger partial charge in [-0.1, -0.05) is 11.6 Å². The highest BCUT2D eigenvalue weighted by molar-refractivity contribution is 7.91. The molecule has 7 heteroatoms. The Morgan fingerprint density at radius 3 is 2.72 bits per heavy atom. The monoisotopic (exact) mass is 292 g/mol. The summed E-state index contributed by atoms with van der Waals surface area (Å²) < 4.78 is 36.2. The second-order valence-electron chi connectivity index (χ2n) is 4.32. The molecule has 1 aromatic rings. The molecule has 0 amide bonds. The number of nitrogens with two attached hydrogens (primary N) is 1. The molecule has 0 aromatic heterocycles. The molecule has 1 aromatic carbocycles. The minimum atomic E-state index is -2.98. The maximum Gasteiger partial charge on any atom is 0.152 e. The lowest BCUT2D eigenvalue weighted by atomic mass is 10.2. The predicted molar refractivity (Wildman–Crippen MR) is 71.3 cm³/mol. The molecule has 18 heavy (non-hydrogen) atoms. The zero-order chi connectivity index (χ0) is 13.3. The van der Waals surface area contributed by atoms with Crippen molar-refractivity contribution in [3.8, 4) is 0 Å². The standard InChI is InChI=1S/C11H14ClFN2O2S/c12-8-6-11(10(14)7-9(8)13)15-2-1-4-18(16,17)5-3-15/h6-7H,1-5,14H2. The Morgan fingerprint density at radius 1 is 1.28 bits per heavy atom. The van der Waals surface area contributed by atoms with E-state index in [0.29, 0.717) is 25.2 Å². The molecule has 1 saturated heterocycles. The Hall–Kier alpha value is -1.01. The van der Waals surface area contributed by atoms with Crippen LogP contribution in [0, 0.1) is 5.82 Å². The molecule has 2 rings (SSSR count). The molecule has 2 N–H and O–H groups in total. The first-order chi connectivity index (χ1) is 8.39. The second kappa shape index (κ2) is 4.93. The highest BCUT2D eigenvalue weighted by Gasteiger charge is 2.21. The molecule has 1 fully saturated rings. The summed E-state index contributed by atoms with van der Waals surface area (Å²) in [5, 5.41) is -0.00805. The molecular weight excluding hydrogens is 279 g/mol. The van der Waals surface area contributed by atoms with Gasteiger partial charge in [0.25, 0.3) is 0 Å². The van der Waals surface area contributed by atoms with E-state index in [4.69, 9.17) is 17.3 Å². The molecule has 0 saturated carbocycles. The Morgan fingerprint density at radius 2 is 2.00 bits per heavy atom. The number of nitrogens with zero attached hydrogens (tertiary/aromatic N) is 1. The summed E-state index contributed by atoms with van der Waals surface area (Å²) in [5.41, 5.74) is 6.62. The van der Waals surface area contributed by atoms with Gasteiger partial charge in [-0.05, 0) is 12.5 Å². The highest BCUT2D eigenvalue weighted by atomic mass is 35.5. The first kappa shape index (κ1) is 13.4. The molecule has 1 aliphatic heterocycles. The Labute approximate surface area is 110 Å². The van der Waals surface area contributed by atoms with Gasteiger partial charge in [-0.15, -0.1) is 0 Å². The minimum absolute atomic E-state index is 0.00805. The van der Waals surface area contributed by atoms with Crippen molar-refractivity contribution in [2.24, 2.45) is 0 Å². The maximum absolute atomic E-state index is 13.2. The lowest BCUT2D eigenvalue weighted by Gasteiger charge is -2.24. The van der Waals surface area contributed by atoms with E-state index in [1.165, 1.54) is 6.07 Å². The average molecular weight is 293 g/mol. The van der Waals surface area contributed by atoms with E-state index >= 15 is 0 Å². The number of halogens is 2. The summed E-state index contributed by atoms with van der Waals surface area (Å²) in [6.07, 6.45) is 0.538. The van der Waals surface area contributed by atoms with Crippen molar-refractivity contribution >= 4 is 32.8 Å². The quantitative estimate of drug-likeness (QED) is 0.800. The van der Waals surface area contributed by atoms with E-state index < -0.39 is 15.7 Å². The zero-order valence-electron chi connectivity index (χ0n) is 9.70. The van der Waals surface area contributed by atoms with Gasteiger partial charge in [0.1, 0.15) is 5.82 Å². The summed E-state index contributed by atoms with van der Waals surface area (Å²) in [5.74, 6) is -0.305. The molecule has 0 radical (unpaired) electrons. The van der Waals surface area contributed by atoms with Crippen LogP contribution in [0.3, 0.4) is 0 Å². The highest BCUT2D eigenvalue weighted by Crippen LogP contribution is 2.30. The zero-order valence-corrected chi connectivity index (χ0v) is 11.3. The number of hydrogen-bond donors (Lipinski definition) is 1. The van der Waals surface area contributed by atoms with Gasteiger partial charge in [0.05, 0.1) is 27.9 Å². The van der Waals surface area contributed by atoms with Crippen LogP contribution in [0.25, 0.3) is 0 Å². The third kappa shape index (κ3) is 2.87. The number of sulfone groups is 1. The van der Waals surface area contributed by atoms with Crippen molar-refractivity contribution in [3.63, 3.8) is 0 Å². The molecule has 1 aliphatic rings. The average Bonchev–Trinajstić information content (AvgIpc) is 2.45. The molecule has 0 atom stereocenters. The molecule has 0 aliphatic carbocycles. The Bertz CT molecular complexity index is 562. The number of hydrogen-bond acceptors (Lipinski definition) is 4. The van der Waals surface area contributed by atoms with Gasteiger partial charge in [-0.25, -0.2) is 12.8 Å². The van der Waals surface area contributed by atoms with Gasteiger partial charge in [0.2, 0.25) is 0 Å². The van der Waals surface area contributed by atoms with Crippen molar-refractivity contribution < 1.29 is 12.8 Å². The summed E-state index contributed by atoms with van der Waals surface area (Å²) in [7, 11) is -2.98. The van der Waals surface area contributed by atoms with Crippen LogP contribution in [-0.2, 0) is 9.84 Å². The fourth-order valence-electron chi connectivity index (χ4n) is 2.00. The molecule has 4 nitrogen and oxygen atoms in total. The van der Waals surface area contributed by atoms with E-state index in [1.54, 1.807) is 0 Å². The fraction of sp³-hybridized carbons (Fsp3) is 0.455. The van der Waals surface area contributed by atoms with Crippen LogP contribution in [0.4, 0.5) is 15.8 Å². The number of rotatable bonds is 1. The number of anilines is 2. The SMILES string of the molecule is Nc1cc(F)c(Cl)cc1N1CCCS(=O)(=O)CC1. The van der Waals surface area contributed by atoms with Crippen LogP contribution in [0.5, 0.6) is 0 Å².